The molecule has 1 N–H and O–H groups in total. The van der Waals surface area contributed by atoms with Crippen LogP contribution in [0.15, 0.2) is 52.9 Å². The van der Waals surface area contributed by atoms with Crippen molar-refractivity contribution in [2.75, 3.05) is 5.32 Å². The molecule has 9 heteroatoms. The number of nitrogens with zero attached hydrogens (tertiary/aromatic N) is 3. The van der Waals surface area contributed by atoms with Gasteiger partial charge in [-0.05, 0) is 23.3 Å². The Kier molecular flexibility index (Phi) is 5.56. The Morgan fingerprint density at radius 1 is 1.08 bits per heavy atom. The number of nitrogens with one attached hydrogen (secondary N) is 1. The molecule has 25 heavy (non-hydrogen) atoms. The summed E-state index contributed by atoms with van der Waals surface area (Å²) in [5.74, 6) is 0.398. The van der Waals surface area contributed by atoms with Gasteiger partial charge in [-0.1, -0.05) is 47.4 Å². The molecule has 0 saturated carbocycles. The van der Waals surface area contributed by atoms with Crippen LogP contribution in [-0.4, -0.2) is 15.1 Å². The van der Waals surface area contributed by atoms with Crippen LogP contribution in [0.1, 0.15) is 11.1 Å². The molecule has 0 aliphatic rings. The Balaban J connectivity index is 1.51. The molecular formula is C16H13FN4O2S2. The van der Waals surface area contributed by atoms with Crippen molar-refractivity contribution in [1.29, 1.82) is 0 Å². The third-order valence-corrected chi connectivity index (χ3v) is 5.36. The number of nitro benzene ring substituents is 1. The number of halogens is 1. The van der Waals surface area contributed by atoms with Gasteiger partial charge in [-0.2, -0.15) is 0 Å². The summed E-state index contributed by atoms with van der Waals surface area (Å²) in [6.45, 7) is 0.544. The van der Waals surface area contributed by atoms with Gasteiger partial charge in [-0.25, -0.2) is 4.39 Å². The van der Waals surface area contributed by atoms with E-state index in [1.165, 1.54) is 47.4 Å². The van der Waals surface area contributed by atoms with Gasteiger partial charge in [0, 0.05) is 24.4 Å². The summed E-state index contributed by atoms with van der Waals surface area (Å²) in [5, 5.41) is 22.7. The van der Waals surface area contributed by atoms with Crippen LogP contribution < -0.4 is 5.32 Å². The van der Waals surface area contributed by atoms with Gasteiger partial charge in [0.1, 0.15) is 5.82 Å². The molecule has 0 amide bonds. The molecule has 3 aromatic rings. The summed E-state index contributed by atoms with van der Waals surface area (Å²) in [6, 6.07) is 12.7. The van der Waals surface area contributed by atoms with Gasteiger partial charge >= 0.3 is 0 Å². The topological polar surface area (TPSA) is 81.0 Å². The summed E-state index contributed by atoms with van der Waals surface area (Å²) in [6.07, 6.45) is 0. The largest absolute Gasteiger partial charge is 0.356 e. The molecule has 128 valence electrons. The van der Waals surface area contributed by atoms with Crippen molar-refractivity contribution in [1.82, 2.24) is 10.2 Å². The molecule has 2 aromatic carbocycles. The van der Waals surface area contributed by atoms with E-state index in [1.54, 1.807) is 24.3 Å². The van der Waals surface area contributed by atoms with Crippen LogP contribution in [0.25, 0.3) is 0 Å². The van der Waals surface area contributed by atoms with E-state index < -0.39 is 4.92 Å². The first-order valence-corrected chi connectivity index (χ1v) is 9.08. The van der Waals surface area contributed by atoms with Crippen LogP contribution in [-0.2, 0) is 12.3 Å². The first kappa shape index (κ1) is 17.3. The number of anilines is 1. The third kappa shape index (κ3) is 4.97. The Morgan fingerprint density at radius 2 is 1.76 bits per heavy atom. The molecule has 0 aliphatic carbocycles. The van der Waals surface area contributed by atoms with E-state index in [4.69, 9.17) is 0 Å². The van der Waals surface area contributed by atoms with Crippen LogP contribution in [0, 0.1) is 15.9 Å². The summed E-state index contributed by atoms with van der Waals surface area (Å²) >= 11 is 2.95. The molecule has 6 nitrogen and oxygen atoms in total. The van der Waals surface area contributed by atoms with E-state index in [0.717, 1.165) is 15.5 Å². The zero-order valence-electron chi connectivity index (χ0n) is 12.9. The van der Waals surface area contributed by atoms with Gasteiger partial charge in [0.25, 0.3) is 5.69 Å². The minimum Gasteiger partial charge on any atom is -0.356 e. The number of aromatic nitrogens is 2. The molecule has 0 atom stereocenters. The van der Waals surface area contributed by atoms with Crippen molar-refractivity contribution < 1.29 is 9.31 Å². The van der Waals surface area contributed by atoms with Crippen LogP contribution >= 0.6 is 23.1 Å². The molecular weight excluding hydrogens is 363 g/mol. The molecule has 1 aromatic heterocycles. The fourth-order valence-electron chi connectivity index (χ4n) is 1.98. The van der Waals surface area contributed by atoms with Gasteiger partial charge in [0.15, 0.2) is 4.34 Å². The molecule has 0 spiro atoms. The number of thioether (sulfide) groups is 1. The fraction of sp³-hybridized carbons (Fsp3) is 0.125. The van der Waals surface area contributed by atoms with Gasteiger partial charge in [-0.15, -0.1) is 10.2 Å². The van der Waals surface area contributed by atoms with E-state index >= 15 is 0 Å². The lowest BCUT2D eigenvalue weighted by Gasteiger charge is -2.01. The molecule has 0 fully saturated rings. The van der Waals surface area contributed by atoms with E-state index in [2.05, 4.69) is 15.5 Å². The van der Waals surface area contributed by atoms with Crippen molar-refractivity contribution in [3.8, 4) is 0 Å². The lowest BCUT2D eigenvalue weighted by molar-refractivity contribution is -0.384. The normalized spacial score (nSPS) is 10.6. The van der Waals surface area contributed by atoms with Crippen molar-refractivity contribution in [3.63, 3.8) is 0 Å². The highest BCUT2D eigenvalue weighted by atomic mass is 32.2. The zero-order chi connectivity index (χ0) is 17.6. The second-order valence-corrected chi connectivity index (χ2v) is 7.27. The fourth-order valence-corrected chi connectivity index (χ4v) is 3.68. The van der Waals surface area contributed by atoms with Gasteiger partial charge in [-0.3, -0.25) is 10.1 Å². The number of hydrogen-bond donors (Lipinski definition) is 1. The minimum absolute atomic E-state index is 0.0805. The summed E-state index contributed by atoms with van der Waals surface area (Å²) < 4.78 is 13.7. The highest BCUT2D eigenvalue weighted by Crippen LogP contribution is 2.29. The lowest BCUT2D eigenvalue weighted by Crippen LogP contribution is -1.98. The highest BCUT2D eigenvalue weighted by Gasteiger charge is 2.07. The van der Waals surface area contributed by atoms with Crippen molar-refractivity contribution in [2.45, 2.75) is 16.6 Å². The summed E-state index contributed by atoms with van der Waals surface area (Å²) in [5.41, 5.74) is 2.01. The van der Waals surface area contributed by atoms with E-state index in [9.17, 15) is 14.5 Å². The molecule has 0 unspecified atom stereocenters. The monoisotopic (exact) mass is 376 g/mol. The molecule has 0 saturated heterocycles. The number of hydrogen-bond acceptors (Lipinski definition) is 7. The second kappa shape index (κ2) is 8.04. The van der Waals surface area contributed by atoms with E-state index in [-0.39, 0.29) is 11.5 Å². The van der Waals surface area contributed by atoms with E-state index in [1.807, 2.05) is 0 Å². The van der Waals surface area contributed by atoms with Gasteiger partial charge < -0.3 is 5.32 Å². The van der Waals surface area contributed by atoms with Crippen LogP contribution in [0.5, 0.6) is 0 Å². The number of non-ortho nitro benzene ring substituents is 1. The Morgan fingerprint density at radius 3 is 2.44 bits per heavy atom. The quantitative estimate of drug-likeness (QED) is 0.372. The first-order chi connectivity index (χ1) is 12.1. The maximum atomic E-state index is 12.9. The summed E-state index contributed by atoms with van der Waals surface area (Å²) in [4.78, 5) is 10.2. The summed E-state index contributed by atoms with van der Waals surface area (Å²) in [7, 11) is 0. The maximum absolute atomic E-state index is 12.9. The third-order valence-electron chi connectivity index (χ3n) is 3.27. The Labute approximate surface area is 151 Å². The van der Waals surface area contributed by atoms with Crippen molar-refractivity contribution in [2.24, 2.45) is 0 Å². The second-order valence-electron chi connectivity index (χ2n) is 5.07. The molecule has 0 radical (unpaired) electrons. The maximum Gasteiger partial charge on any atom is 0.269 e. The molecule has 1 heterocycles. The number of benzene rings is 2. The standard InChI is InChI=1S/C16H13FN4O2S2/c17-13-5-1-11(2-6-13)9-18-15-19-20-16(25-15)24-10-12-3-7-14(8-4-12)21(22)23/h1-8H,9-10H2,(H,18,19). The Hall–Kier alpha value is -2.52. The molecule has 0 bridgehead atoms. The predicted octanol–water partition coefficient (Wildman–Crippen LogP) is 4.49. The van der Waals surface area contributed by atoms with Crippen molar-refractivity contribution >= 4 is 33.9 Å². The minimum atomic E-state index is -0.416. The van der Waals surface area contributed by atoms with Crippen LogP contribution in [0.4, 0.5) is 15.2 Å². The average molecular weight is 376 g/mol. The van der Waals surface area contributed by atoms with Gasteiger partial charge in [0.05, 0.1) is 4.92 Å². The highest BCUT2D eigenvalue weighted by molar-refractivity contribution is 8.00. The SMILES string of the molecule is O=[N+]([O-])c1ccc(CSc2nnc(NCc3ccc(F)cc3)s2)cc1. The molecule has 0 aliphatic heterocycles. The zero-order valence-corrected chi connectivity index (χ0v) is 14.5. The smallest absolute Gasteiger partial charge is 0.269 e. The van der Waals surface area contributed by atoms with Crippen LogP contribution in [0.2, 0.25) is 0 Å². The van der Waals surface area contributed by atoms with Gasteiger partial charge in [0.2, 0.25) is 5.13 Å². The average Bonchev–Trinajstić information content (AvgIpc) is 3.08. The first-order valence-electron chi connectivity index (χ1n) is 7.28. The number of rotatable bonds is 7. The van der Waals surface area contributed by atoms with E-state index in [0.29, 0.717) is 17.4 Å². The predicted molar refractivity (Wildman–Crippen MR) is 96.3 cm³/mol. The number of nitro groups is 1. The van der Waals surface area contributed by atoms with Crippen LogP contribution in [0.3, 0.4) is 0 Å². The Bertz CT molecular complexity index is 853. The molecule has 3 rings (SSSR count). The lowest BCUT2D eigenvalue weighted by atomic mass is 10.2. The van der Waals surface area contributed by atoms with Crippen molar-refractivity contribution in [3.05, 3.63) is 75.6 Å².